The number of hydrogen-bond acceptors (Lipinski definition) is 6. The summed E-state index contributed by atoms with van der Waals surface area (Å²) in [6, 6.07) is 13.5. The zero-order valence-corrected chi connectivity index (χ0v) is 16.5. The molecule has 140 valence electrons. The molecule has 0 saturated carbocycles. The Kier molecular flexibility index (Phi) is 6.67. The predicted molar refractivity (Wildman–Crippen MR) is 105 cm³/mol. The molecule has 0 radical (unpaired) electrons. The molecule has 2 aromatic carbocycles. The Morgan fingerprint density at radius 3 is 2.74 bits per heavy atom. The van der Waals surface area contributed by atoms with Crippen LogP contribution in [-0.2, 0) is 17.7 Å². The molecular weight excluding hydrogens is 410 g/mol. The Morgan fingerprint density at radius 2 is 2.00 bits per heavy atom. The van der Waals surface area contributed by atoms with Crippen LogP contribution in [0, 0.1) is 0 Å². The molecule has 0 aliphatic rings. The van der Waals surface area contributed by atoms with E-state index in [2.05, 4.69) is 42.8 Å². The lowest BCUT2D eigenvalue weighted by Crippen LogP contribution is -2.15. The van der Waals surface area contributed by atoms with Crippen molar-refractivity contribution < 1.29 is 9.53 Å². The second kappa shape index (κ2) is 9.38. The molecule has 7 nitrogen and oxygen atoms in total. The van der Waals surface area contributed by atoms with E-state index in [1.165, 1.54) is 0 Å². The van der Waals surface area contributed by atoms with Gasteiger partial charge in [-0.25, -0.2) is 9.48 Å². The molecule has 0 spiro atoms. The zero-order valence-electron chi connectivity index (χ0n) is 14.9. The summed E-state index contributed by atoms with van der Waals surface area (Å²) in [7, 11) is 0. The molecule has 0 bridgehead atoms. The zero-order chi connectivity index (χ0) is 19.1. The molecule has 1 aromatic heterocycles. The predicted octanol–water partition coefficient (Wildman–Crippen LogP) is 2.87. The second-order valence-corrected chi connectivity index (χ2v) is 6.34. The summed E-state index contributed by atoms with van der Waals surface area (Å²) in [5, 5.41) is 14.8. The molecule has 0 fully saturated rings. The van der Waals surface area contributed by atoms with Crippen LogP contribution in [0.2, 0.25) is 0 Å². The smallest absolute Gasteiger partial charge is 0.338 e. The third-order valence-electron chi connectivity index (χ3n) is 4.13. The topological polar surface area (TPSA) is 81.9 Å². The summed E-state index contributed by atoms with van der Waals surface area (Å²) in [5.74, 6) is -0.312. The van der Waals surface area contributed by atoms with Gasteiger partial charge in [0.05, 0.1) is 23.3 Å². The summed E-state index contributed by atoms with van der Waals surface area (Å²) >= 11 is 3.39. The third-order valence-corrected chi connectivity index (χ3v) is 4.53. The third kappa shape index (κ3) is 4.58. The monoisotopic (exact) mass is 429 g/mol. The van der Waals surface area contributed by atoms with E-state index in [0.29, 0.717) is 30.6 Å². The maximum Gasteiger partial charge on any atom is 0.338 e. The molecule has 0 saturated heterocycles. The highest BCUT2D eigenvalue weighted by Gasteiger charge is 2.17. The van der Waals surface area contributed by atoms with E-state index in [4.69, 9.17) is 4.74 Å². The molecule has 0 aliphatic heterocycles. The number of rotatable bonds is 8. The minimum Gasteiger partial charge on any atom is -0.462 e. The number of halogens is 1. The van der Waals surface area contributed by atoms with Gasteiger partial charge in [-0.15, -0.1) is 5.10 Å². The molecule has 1 heterocycles. The maximum absolute atomic E-state index is 12.3. The van der Waals surface area contributed by atoms with Crippen LogP contribution in [0.4, 0.5) is 0 Å². The highest BCUT2D eigenvalue weighted by atomic mass is 79.9. The minimum absolute atomic E-state index is 0.312. The van der Waals surface area contributed by atoms with E-state index in [0.717, 1.165) is 22.4 Å². The van der Waals surface area contributed by atoms with Crippen molar-refractivity contribution in [1.29, 1.82) is 0 Å². The number of aromatic nitrogens is 4. The summed E-state index contributed by atoms with van der Waals surface area (Å²) in [6.45, 7) is 2.82. The second-order valence-electron chi connectivity index (χ2n) is 5.78. The molecule has 0 amide bonds. The van der Waals surface area contributed by atoms with Gasteiger partial charge in [-0.1, -0.05) is 46.3 Å². The van der Waals surface area contributed by atoms with Crippen LogP contribution < -0.4 is 5.32 Å². The molecule has 27 heavy (non-hydrogen) atoms. The fourth-order valence-electron chi connectivity index (χ4n) is 2.93. The minimum atomic E-state index is -0.312. The summed E-state index contributed by atoms with van der Waals surface area (Å²) < 4.78 is 6.85. The van der Waals surface area contributed by atoms with Crippen molar-refractivity contribution in [3.63, 3.8) is 0 Å². The van der Waals surface area contributed by atoms with Crippen LogP contribution >= 0.6 is 15.9 Å². The highest BCUT2D eigenvalue weighted by molar-refractivity contribution is 9.09. The van der Waals surface area contributed by atoms with Gasteiger partial charge in [0, 0.05) is 13.0 Å². The van der Waals surface area contributed by atoms with Crippen molar-refractivity contribution >= 4 is 21.9 Å². The standard InChI is InChI=1S/C19H20BrN5O2/c1-2-27-19(26)16-8-4-3-6-14(16)10-17-15(11-21-12-20)7-5-9-18(17)25-13-22-23-24-25/h3-9,13,21H,2,10-12H2,1H3. The summed E-state index contributed by atoms with van der Waals surface area (Å²) in [4.78, 5) is 12.3. The van der Waals surface area contributed by atoms with Gasteiger partial charge in [0.25, 0.3) is 0 Å². The Balaban J connectivity index is 2.05. The lowest BCUT2D eigenvalue weighted by Gasteiger charge is -2.16. The number of nitrogens with one attached hydrogen (secondary N) is 1. The Labute approximate surface area is 165 Å². The van der Waals surface area contributed by atoms with E-state index in [1.54, 1.807) is 24.0 Å². The number of hydrogen-bond donors (Lipinski definition) is 1. The van der Waals surface area contributed by atoms with Gasteiger partial charge >= 0.3 is 5.97 Å². The van der Waals surface area contributed by atoms with Crippen LogP contribution in [0.3, 0.4) is 0 Å². The van der Waals surface area contributed by atoms with Crippen molar-refractivity contribution in [3.8, 4) is 5.69 Å². The van der Waals surface area contributed by atoms with E-state index in [9.17, 15) is 4.79 Å². The molecular formula is C19H20BrN5O2. The number of esters is 1. The lowest BCUT2D eigenvalue weighted by molar-refractivity contribution is 0.0525. The van der Waals surface area contributed by atoms with E-state index in [1.807, 2.05) is 30.3 Å². The van der Waals surface area contributed by atoms with Gasteiger partial charge in [0.2, 0.25) is 0 Å². The van der Waals surface area contributed by atoms with Crippen LogP contribution in [0.1, 0.15) is 34.0 Å². The van der Waals surface area contributed by atoms with Crippen LogP contribution in [0.25, 0.3) is 5.69 Å². The molecule has 3 aromatic rings. The largest absolute Gasteiger partial charge is 0.462 e. The van der Waals surface area contributed by atoms with Crippen molar-refractivity contribution in [1.82, 2.24) is 25.5 Å². The maximum atomic E-state index is 12.3. The molecule has 8 heteroatoms. The first-order valence-electron chi connectivity index (χ1n) is 8.60. The molecule has 0 aliphatic carbocycles. The van der Waals surface area contributed by atoms with E-state index >= 15 is 0 Å². The fourth-order valence-corrected chi connectivity index (χ4v) is 3.13. The SMILES string of the molecule is CCOC(=O)c1ccccc1Cc1c(CNCBr)cccc1-n1cnnn1. The number of benzene rings is 2. The van der Waals surface area contributed by atoms with Crippen LogP contribution in [0.15, 0.2) is 48.8 Å². The van der Waals surface area contributed by atoms with Gasteiger partial charge in [0.1, 0.15) is 6.33 Å². The number of carbonyl (C=O) groups excluding carboxylic acids is 1. The number of alkyl halides is 1. The summed E-state index contributed by atoms with van der Waals surface area (Å²) in [5.41, 5.74) is 5.20. The number of carbonyl (C=O) groups is 1. The van der Waals surface area contributed by atoms with Crippen molar-refractivity contribution in [2.75, 3.05) is 12.1 Å². The van der Waals surface area contributed by atoms with Crippen molar-refractivity contribution in [2.24, 2.45) is 0 Å². The van der Waals surface area contributed by atoms with Gasteiger partial charge < -0.3 is 10.1 Å². The number of nitrogens with zero attached hydrogens (tertiary/aromatic N) is 4. The Hall–Kier alpha value is -2.58. The van der Waals surface area contributed by atoms with Crippen molar-refractivity contribution in [2.45, 2.75) is 19.9 Å². The molecule has 1 N–H and O–H groups in total. The lowest BCUT2D eigenvalue weighted by atomic mass is 9.94. The Morgan fingerprint density at radius 1 is 1.19 bits per heavy atom. The van der Waals surface area contributed by atoms with E-state index < -0.39 is 0 Å². The molecule has 3 rings (SSSR count). The van der Waals surface area contributed by atoms with Crippen molar-refractivity contribution in [3.05, 3.63) is 71.0 Å². The quantitative estimate of drug-likeness (QED) is 0.336. The molecule has 0 unspecified atom stereocenters. The van der Waals surface area contributed by atoms with Gasteiger partial charge in [-0.2, -0.15) is 0 Å². The first kappa shape index (κ1) is 19.2. The molecule has 0 atom stereocenters. The van der Waals surface area contributed by atoms with E-state index in [-0.39, 0.29) is 5.97 Å². The number of ether oxygens (including phenoxy) is 1. The van der Waals surface area contributed by atoms with Gasteiger partial charge in [-0.3, -0.25) is 0 Å². The average molecular weight is 430 g/mol. The fraction of sp³-hybridized carbons (Fsp3) is 0.263. The average Bonchev–Trinajstić information content (AvgIpc) is 3.22. The Bertz CT molecular complexity index is 899. The summed E-state index contributed by atoms with van der Waals surface area (Å²) in [6.07, 6.45) is 2.13. The van der Waals surface area contributed by atoms with Crippen LogP contribution in [-0.4, -0.2) is 38.2 Å². The number of tetrazole rings is 1. The highest BCUT2D eigenvalue weighted by Crippen LogP contribution is 2.24. The normalized spacial score (nSPS) is 10.7. The first-order chi connectivity index (χ1) is 13.2. The van der Waals surface area contributed by atoms with Crippen LogP contribution in [0.5, 0.6) is 0 Å². The van der Waals surface area contributed by atoms with Gasteiger partial charge in [0.15, 0.2) is 0 Å². The first-order valence-corrected chi connectivity index (χ1v) is 9.72. The van der Waals surface area contributed by atoms with Gasteiger partial charge in [-0.05, 0) is 46.2 Å².